The van der Waals surface area contributed by atoms with Gasteiger partial charge >= 0.3 is 17.9 Å². The first-order valence-electron chi connectivity index (χ1n) is 47.3. The predicted molar refractivity (Wildman–Crippen MR) is 515 cm³/mol. The van der Waals surface area contributed by atoms with Crippen LogP contribution in [0.3, 0.4) is 0 Å². The van der Waals surface area contributed by atoms with Crippen LogP contribution in [-0.4, -0.2) is 152 Å². The van der Waals surface area contributed by atoms with Crippen LogP contribution < -0.4 is 24.6 Å². The van der Waals surface area contributed by atoms with Crippen molar-refractivity contribution >= 4 is 93.7 Å². The second-order valence-corrected chi connectivity index (χ2v) is 41.7. The number of halogens is 16. The van der Waals surface area contributed by atoms with E-state index in [-0.39, 0.29) is 79.5 Å². The zero-order chi connectivity index (χ0) is 108. The summed E-state index contributed by atoms with van der Waals surface area (Å²) in [6, 6.07) is 39.1. The Hall–Kier alpha value is -13.6. The molecule has 798 valence electrons. The molecule has 6 fully saturated rings. The monoisotopic (exact) mass is 2180 g/mol. The minimum atomic E-state index is -5.40. The Morgan fingerprint density at radius 1 is 0.367 bits per heavy atom. The number of pyridine rings is 3. The van der Waals surface area contributed by atoms with Crippen molar-refractivity contribution in [3.8, 4) is 17.2 Å². The van der Waals surface area contributed by atoms with Crippen LogP contribution in [0.2, 0.25) is 0 Å². The summed E-state index contributed by atoms with van der Waals surface area (Å²) in [6.45, 7) is -0.530. The molecule has 6 aliphatic rings. The Balaban J connectivity index is 0.000000175. The Kier molecular flexibility index (Phi) is 36.6. The number of aromatic hydroxyl groups is 1. The van der Waals surface area contributed by atoms with Crippen LogP contribution in [0.1, 0.15) is 211 Å². The number of anilines is 3. The van der Waals surface area contributed by atoms with Crippen LogP contribution in [0.4, 0.5) is 82.9 Å². The minimum absolute atomic E-state index is 0. The average molecular weight is 2180 g/mol. The van der Waals surface area contributed by atoms with E-state index in [0.29, 0.717) is 62.0 Å². The van der Waals surface area contributed by atoms with E-state index in [1.165, 1.54) is 87.2 Å². The van der Waals surface area contributed by atoms with E-state index in [4.69, 9.17) is 35.5 Å². The third-order valence-corrected chi connectivity index (χ3v) is 32.6. The van der Waals surface area contributed by atoms with Crippen LogP contribution in [0.5, 0.6) is 17.2 Å². The molecule has 3 atom stereocenters. The molecule has 0 radical (unpaired) electrons. The number of phenolic OH excluding ortho intramolecular Hbond substituents is 1. The topological polar surface area (TPSA) is 338 Å². The molecule has 27 nitrogen and oxygen atoms in total. The number of carbonyl (C=O) groups is 6. The fraction of sp³-hybridized carbons (Fsp3) is 0.337. The molecule has 8 aromatic carbocycles. The second-order valence-electron chi connectivity index (χ2n) is 35.9. The summed E-state index contributed by atoms with van der Waals surface area (Å²) in [6.07, 6.45) is 22.0. The summed E-state index contributed by atoms with van der Waals surface area (Å²) in [5.41, 5.74) is 8.24. The van der Waals surface area contributed by atoms with Gasteiger partial charge in [0.05, 0.1) is 34.4 Å². The molecule has 0 bridgehead atoms. The van der Waals surface area contributed by atoms with Crippen molar-refractivity contribution in [1.29, 1.82) is 0 Å². The third kappa shape index (κ3) is 24.7. The average Bonchev–Trinajstić information content (AvgIpc) is 0.739. The van der Waals surface area contributed by atoms with Gasteiger partial charge < -0.3 is 43.9 Å². The number of nitrogens with zero attached hydrogens (tertiary/aromatic N) is 8. The first kappa shape index (κ1) is 112. The number of amides is 2. The summed E-state index contributed by atoms with van der Waals surface area (Å²) in [5.74, 6) is -39.8. The molecule has 17 rings (SSSR count). The smallest absolute Gasteiger partial charge is 0.341 e. The lowest BCUT2D eigenvalue weighted by molar-refractivity contribution is -0.125. The fourth-order valence-electron chi connectivity index (χ4n) is 18.0. The highest BCUT2D eigenvalue weighted by atomic mass is 35.5. The van der Waals surface area contributed by atoms with E-state index >= 15 is 0 Å². The van der Waals surface area contributed by atoms with Gasteiger partial charge in [-0.05, 0) is 152 Å². The Labute approximate surface area is 858 Å². The molecule has 150 heavy (non-hydrogen) atoms. The molecular weight excluding hydrogens is 2080 g/mol. The van der Waals surface area contributed by atoms with Gasteiger partial charge in [0.25, 0.3) is 0 Å². The van der Waals surface area contributed by atoms with Crippen LogP contribution in [0, 0.1) is 87.3 Å². The summed E-state index contributed by atoms with van der Waals surface area (Å²) in [4.78, 5) is 86.1. The maximum Gasteiger partial charge on any atom is 0.341 e. The number of hydrogen-bond donors (Lipinski definition) is 2. The van der Waals surface area contributed by atoms with Crippen LogP contribution in [0.25, 0.3) is 0 Å². The van der Waals surface area contributed by atoms with Gasteiger partial charge in [-0.15, -0.1) is 0 Å². The van der Waals surface area contributed by atoms with Crippen molar-refractivity contribution in [2.75, 3.05) is 56.1 Å². The van der Waals surface area contributed by atoms with Crippen molar-refractivity contribution in [2.45, 2.75) is 199 Å². The number of rotatable bonds is 30. The highest BCUT2D eigenvalue weighted by Crippen LogP contribution is 2.44. The number of ether oxygens (including phenoxy) is 5. The molecule has 3 aliphatic carbocycles. The van der Waals surface area contributed by atoms with Gasteiger partial charge in [-0.25, -0.2) is 105 Å². The first-order chi connectivity index (χ1) is 71.6. The lowest BCUT2D eigenvalue weighted by Gasteiger charge is -2.41. The number of phenols is 1. The number of hydrogen-bond acceptors (Lipinski definition) is 22. The van der Waals surface area contributed by atoms with Crippen LogP contribution in [-0.2, 0) is 91.5 Å². The number of esters is 3. The van der Waals surface area contributed by atoms with E-state index in [2.05, 4.69) is 32.2 Å². The Morgan fingerprint density at radius 3 is 0.987 bits per heavy atom. The van der Waals surface area contributed by atoms with Gasteiger partial charge in [0.2, 0.25) is 64.6 Å². The van der Waals surface area contributed by atoms with Crippen molar-refractivity contribution in [1.82, 2.24) is 27.9 Å². The van der Waals surface area contributed by atoms with Gasteiger partial charge in [-0.3, -0.25) is 29.3 Å². The third-order valence-electron chi connectivity index (χ3n) is 26.5. The van der Waals surface area contributed by atoms with E-state index < -0.39 is 204 Å². The Morgan fingerprint density at radius 2 is 0.673 bits per heavy atom. The van der Waals surface area contributed by atoms with E-state index in [0.717, 1.165) is 116 Å². The van der Waals surface area contributed by atoms with Gasteiger partial charge in [0.1, 0.15) is 65.3 Å². The largest absolute Gasteiger partial charge is 0.507 e. The molecule has 2 N–H and O–H groups in total. The number of nitrogens with one attached hydrogen (secondary N) is 1. The van der Waals surface area contributed by atoms with Gasteiger partial charge in [0, 0.05) is 116 Å². The molecule has 3 aliphatic heterocycles. The molecule has 6 heterocycles. The summed E-state index contributed by atoms with van der Waals surface area (Å²) in [5, 5.41) is 12.8. The minimum Gasteiger partial charge on any atom is -0.507 e. The number of sulfonamides is 3. The van der Waals surface area contributed by atoms with Crippen molar-refractivity contribution in [3.63, 3.8) is 0 Å². The number of aromatic nitrogens is 3. The second kappa shape index (κ2) is 49.0. The molecule has 0 unspecified atom stereocenters. The molecule has 2 amide bonds. The molecular formula is C104H99ClF15N9O18S3. The quantitative estimate of drug-likeness (QED) is 0.0105. The van der Waals surface area contributed by atoms with Gasteiger partial charge in [-0.1, -0.05) is 137 Å². The van der Waals surface area contributed by atoms with Crippen molar-refractivity contribution in [3.05, 3.63) is 319 Å². The van der Waals surface area contributed by atoms with Crippen LogP contribution >= 0.6 is 11.6 Å². The molecule has 0 spiro atoms. The first-order valence-corrected chi connectivity index (χ1v) is 52.0. The standard InChI is InChI=1S/C37H34F5N3O6S.C30H28F5N3O6S.C27H30N2O3.C10H5ClF5NO3S.H2/c1-50-37(47)26-14-13-25(18-29(26)51-21-22-8-4-2-5-9-22)44(20-23-12-15-27(43-19-23)24-10-6-3-7-11-24)36(46)28-16-17-45(28)52(48,49)35-33(41)31(39)30(38)32(40)34(35)42;1-44-30(41)19-9-8-18(13-22(19)39)37(15-16-7-10-20(36-14-16)17-5-3-2-4-6-17)29(40)21-11-12-38(21)45(42,43)28-26(34)24(32)23(31)25(33)27(28)35;1-31-27(30)24-14-13-23(16-26(24)32-19-20-8-4-2-5-9-20)28-17-21-12-15-25(29-18-21)22-10-6-3-7-11-22;11-10(18)3-1-2-17(3)21(19,20)9-7(15)5(13)4(12)6(14)8(9)16;/h2,4-5,8-9,12-15,18-19,24,28H,3,6-7,10-11,16-17,20-21H2,1H3;7-10,13-14,17,21,39H,2-6,11-12,15H2,1H3;2,4-5,8-9,12-16,18,22,28H,3,6-7,10-11,17,19H2,1H3;3H,1-2H2;1H/t28-;21-;;3-;/m11.1./s1. The molecule has 3 aromatic heterocycles. The lowest BCUT2D eigenvalue weighted by atomic mass is 9.86. The van der Waals surface area contributed by atoms with E-state index in [1.807, 2.05) is 66.9 Å². The SMILES string of the molecule is COC(=O)c1ccc(N(Cc2ccc(C3CCCCC3)nc2)C(=O)[C@H]2CCN2S(=O)(=O)c2c(F)c(F)c(F)c(F)c2F)cc1O.COC(=O)c1ccc(N(Cc2ccc(C3CCCCC3)nc2)C(=O)[C@H]2CCN2S(=O)(=O)c2c(F)c(F)c(F)c(F)c2F)cc1OCc1ccccc1.COC(=O)c1ccc(NCc2ccc(C3CCCCC3)nc2)cc1OCc1ccccc1.O=C(Cl)[C@H]1CCN1S(=O)(=O)c1c(F)c(F)c(F)c(F)c1F.[HH]. The van der Waals surface area contributed by atoms with E-state index in [1.54, 1.807) is 54.9 Å². The molecule has 3 saturated heterocycles. The number of carbonyl (C=O) groups excluding carboxylic acids is 6. The molecule has 3 saturated carbocycles. The number of methoxy groups -OCH3 is 3. The summed E-state index contributed by atoms with van der Waals surface area (Å²) >= 11 is 5.09. The van der Waals surface area contributed by atoms with Crippen LogP contribution in [0.15, 0.2) is 185 Å². The zero-order valence-electron chi connectivity index (χ0n) is 80.3. The normalized spacial score (nSPS) is 16.7. The summed E-state index contributed by atoms with van der Waals surface area (Å²) in [7, 11) is -12.2. The van der Waals surface area contributed by atoms with Crippen molar-refractivity contribution in [2.24, 2.45) is 0 Å². The number of benzene rings is 8. The molecule has 46 heteroatoms. The van der Waals surface area contributed by atoms with Gasteiger partial charge in [0.15, 0.2) is 84.5 Å². The zero-order valence-corrected chi connectivity index (χ0v) is 83.5. The highest BCUT2D eigenvalue weighted by Gasteiger charge is 2.52. The predicted octanol–water partition coefficient (Wildman–Crippen LogP) is 20.8. The fourth-order valence-corrected chi connectivity index (χ4v) is 23.6. The van der Waals surface area contributed by atoms with E-state index in [9.17, 15) is 125 Å². The maximum absolute atomic E-state index is 14.7. The summed E-state index contributed by atoms with van der Waals surface area (Å²) < 4.78 is 312. The maximum atomic E-state index is 14.7. The highest BCUT2D eigenvalue weighted by molar-refractivity contribution is 7.89. The Bertz CT molecular complexity index is 7150. The van der Waals surface area contributed by atoms with Gasteiger partial charge in [-0.2, -0.15) is 12.9 Å². The molecule has 11 aromatic rings. The lowest BCUT2D eigenvalue weighted by Crippen LogP contribution is -2.59. The van der Waals surface area contributed by atoms with Crippen molar-refractivity contribution < 1.29 is 150 Å².